The van der Waals surface area contributed by atoms with Crippen molar-refractivity contribution >= 4 is 35.6 Å². The fourth-order valence-corrected chi connectivity index (χ4v) is 1.97. The minimum absolute atomic E-state index is 0. The fraction of sp³-hybridized carbons (Fsp3) is 0.429. The molecule has 0 unspecified atom stereocenters. The second-order valence-electron chi connectivity index (χ2n) is 4.65. The molecule has 2 rings (SSSR count). The van der Waals surface area contributed by atoms with E-state index in [1.165, 1.54) is 0 Å². The number of ether oxygens (including phenoxy) is 2. The predicted octanol–water partition coefficient (Wildman–Crippen LogP) is 1.66. The van der Waals surface area contributed by atoms with Gasteiger partial charge in [-0.15, -0.1) is 12.4 Å². The van der Waals surface area contributed by atoms with Crippen LogP contribution in [0.1, 0.15) is 26.2 Å². The molecule has 1 heterocycles. The third-order valence-corrected chi connectivity index (χ3v) is 3.00. The molecule has 122 valence electrons. The van der Waals surface area contributed by atoms with Gasteiger partial charge in [0.25, 0.3) is 0 Å². The van der Waals surface area contributed by atoms with Gasteiger partial charge in [-0.05, 0) is 13.3 Å². The van der Waals surface area contributed by atoms with E-state index in [4.69, 9.17) is 15.2 Å². The summed E-state index contributed by atoms with van der Waals surface area (Å²) < 4.78 is 10.4. The first-order valence-corrected chi connectivity index (χ1v) is 6.85. The van der Waals surface area contributed by atoms with Gasteiger partial charge in [0, 0.05) is 31.5 Å². The van der Waals surface area contributed by atoms with Crippen LogP contribution in [-0.4, -0.2) is 25.2 Å². The molecule has 0 atom stereocenters. The van der Waals surface area contributed by atoms with Crippen LogP contribution in [0, 0.1) is 0 Å². The van der Waals surface area contributed by atoms with Crippen molar-refractivity contribution in [2.45, 2.75) is 26.2 Å². The molecule has 0 spiro atoms. The number of nitrogens with two attached hydrogens (primary N) is 1. The van der Waals surface area contributed by atoms with Gasteiger partial charge in [0.15, 0.2) is 11.5 Å². The van der Waals surface area contributed by atoms with Crippen LogP contribution in [-0.2, 0) is 9.59 Å². The number of carbonyl (C=O) groups excluding carboxylic acids is 2. The maximum absolute atomic E-state index is 11.8. The van der Waals surface area contributed by atoms with E-state index in [1.54, 1.807) is 12.1 Å². The summed E-state index contributed by atoms with van der Waals surface area (Å²) in [5.74, 6) is 0.890. The number of fused-ring (bicyclic) bond motifs is 1. The van der Waals surface area contributed by atoms with Crippen LogP contribution in [0.25, 0.3) is 0 Å². The lowest BCUT2D eigenvalue weighted by Gasteiger charge is -2.09. The molecule has 1 aromatic rings. The Bertz CT molecular complexity index is 551. The normalized spacial score (nSPS) is 11.5. The number of anilines is 2. The standard InChI is InChI=1S/C14H19N3O4.ClH/c1-2-16-13(18)4-3-5-14(19)17-10-7-12-11(6-9(10)15)20-8-21-12;/h6-7H,2-5,8,15H2,1H3,(H,16,18)(H,17,19);1H. The summed E-state index contributed by atoms with van der Waals surface area (Å²) >= 11 is 0. The van der Waals surface area contributed by atoms with Gasteiger partial charge in [-0.25, -0.2) is 0 Å². The fourth-order valence-electron chi connectivity index (χ4n) is 1.97. The molecular formula is C14H20ClN3O4. The number of hydrogen-bond acceptors (Lipinski definition) is 5. The Morgan fingerprint density at radius 3 is 2.50 bits per heavy atom. The van der Waals surface area contributed by atoms with Gasteiger partial charge < -0.3 is 25.8 Å². The Labute approximate surface area is 134 Å². The lowest BCUT2D eigenvalue weighted by atomic mass is 10.2. The van der Waals surface area contributed by atoms with E-state index in [0.29, 0.717) is 42.3 Å². The second-order valence-corrected chi connectivity index (χ2v) is 4.65. The van der Waals surface area contributed by atoms with Crippen molar-refractivity contribution in [2.75, 3.05) is 24.4 Å². The quantitative estimate of drug-likeness (QED) is 0.689. The van der Waals surface area contributed by atoms with Gasteiger partial charge in [-0.2, -0.15) is 0 Å². The van der Waals surface area contributed by atoms with E-state index in [0.717, 1.165) is 0 Å². The molecule has 0 fully saturated rings. The molecule has 0 saturated carbocycles. The minimum Gasteiger partial charge on any atom is -0.454 e. The number of rotatable bonds is 6. The Morgan fingerprint density at radius 1 is 1.18 bits per heavy atom. The van der Waals surface area contributed by atoms with Crippen molar-refractivity contribution in [3.63, 3.8) is 0 Å². The number of amides is 2. The highest BCUT2D eigenvalue weighted by Gasteiger charge is 2.17. The summed E-state index contributed by atoms with van der Waals surface area (Å²) in [6.07, 6.45) is 1.07. The molecular weight excluding hydrogens is 310 g/mol. The van der Waals surface area contributed by atoms with Crippen molar-refractivity contribution in [3.8, 4) is 11.5 Å². The van der Waals surface area contributed by atoms with E-state index >= 15 is 0 Å². The zero-order valence-corrected chi connectivity index (χ0v) is 13.1. The largest absolute Gasteiger partial charge is 0.454 e. The number of nitrogen functional groups attached to an aromatic ring is 1. The monoisotopic (exact) mass is 329 g/mol. The smallest absolute Gasteiger partial charge is 0.231 e. The first-order chi connectivity index (χ1) is 10.1. The van der Waals surface area contributed by atoms with E-state index in [9.17, 15) is 9.59 Å². The molecule has 0 aliphatic carbocycles. The molecule has 22 heavy (non-hydrogen) atoms. The highest BCUT2D eigenvalue weighted by Crippen LogP contribution is 2.38. The molecule has 0 bridgehead atoms. The van der Waals surface area contributed by atoms with Crippen LogP contribution < -0.4 is 25.8 Å². The van der Waals surface area contributed by atoms with Crippen molar-refractivity contribution in [1.29, 1.82) is 0 Å². The van der Waals surface area contributed by atoms with Gasteiger partial charge >= 0.3 is 0 Å². The summed E-state index contributed by atoms with van der Waals surface area (Å²) in [7, 11) is 0. The van der Waals surface area contributed by atoms with Crippen molar-refractivity contribution in [2.24, 2.45) is 0 Å². The number of carbonyl (C=O) groups is 2. The van der Waals surface area contributed by atoms with Crippen molar-refractivity contribution in [1.82, 2.24) is 5.32 Å². The molecule has 0 aromatic heterocycles. The van der Waals surface area contributed by atoms with Crippen LogP contribution in [0.5, 0.6) is 11.5 Å². The Morgan fingerprint density at radius 2 is 1.82 bits per heavy atom. The Kier molecular flexibility index (Phi) is 6.78. The lowest BCUT2D eigenvalue weighted by Crippen LogP contribution is -2.22. The van der Waals surface area contributed by atoms with Crippen LogP contribution in [0.15, 0.2) is 12.1 Å². The van der Waals surface area contributed by atoms with Crippen LogP contribution in [0.4, 0.5) is 11.4 Å². The molecule has 1 aliphatic heterocycles. The molecule has 7 nitrogen and oxygen atoms in total. The van der Waals surface area contributed by atoms with Crippen LogP contribution in [0.3, 0.4) is 0 Å². The zero-order chi connectivity index (χ0) is 15.2. The summed E-state index contributed by atoms with van der Waals surface area (Å²) in [5.41, 5.74) is 6.75. The average molecular weight is 330 g/mol. The van der Waals surface area contributed by atoms with Crippen molar-refractivity contribution in [3.05, 3.63) is 12.1 Å². The van der Waals surface area contributed by atoms with Crippen LogP contribution >= 0.6 is 12.4 Å². The molecule has 0 saturated heterocycles. The summed E-state index contributed by atoms with van der Waals surface area (Å²) in [5, 5.41) is 5.40. The number of benzene rings is 1. The van der Waals surface area contributed by atoms with Gasteiger partial charge in [0.1, 0.15) is 0 Å². The SMILES string of the molecule is CCNC(=O)CCCC(=O)Nc1cc2c(cc1N)OCO2.Cl. The van der Waals surface area contributed by atoms with Crippen molar-refractivity contribution < 1.29 is 19.1 Å². The number of halogens is 1. The van der Waals surface area contributed by atoms with Gasteiger partial charge in [-0.3, -0.25) is 9.59 Å². The highest BCUT2D eigenvalue weighted by molar-refractivity contribution is 5.94. The number of nitrogens with one attached hydrogen (secondary N) is 2. The first kappa shape index (κ1) is 17.9. The Hall–Kier alpha value is -2.15. The molecule has 2 amide bonds. The van der Waals surface area contributed by atoms with Crippen LogP contribution in [0.2, 0.25) is 0 Å². The minimum atomic E-state index is -0.190. The van der Waals surface area contributed by atoms with Gasteiger partial charge in [0.2, 0.25) is 18.6 Å². The first-order valence-electron chi connectivity index (χ1n) is 6.85. The lowest BCUT2D eigenvalue weighted by molar-refractivity contribution is -0.121. The maximum atomic E-state index is 11.8. The maximum Gasteiger partial charge on any atom is 0.231 e. The topological polar surface area (TPSA) is 103 Å². The van der Waals surface area contributed by atoms with E-state index < -0.39 is 0 Å². The number of hydrogen-bond donors (Lipinski definition) is 3. The van der Waals surface area contributed by atoms with E-state index in [2.05, 4.69) is 10.6 Å². The second kappa shape index (κ2) is 8.33. The summed E-state index contributed by atoms with van der Waals surface area (Å²) in [6.45, 7) is 2.60. The molecule has 4 N–H and O–H groups in total. The van der Waals surface area contributed by atoms with Gasteiger partial charge in [-0.1, -0.05) is 0 Å². The molecule has 8 heteroatoms. The van der Waals surface area contributed by atoms with E-state index in [-0.39, 0.29) is 37.4 Å². The molecule has 0 radical (unpaired) electrons. The van der Waals surface area contributed by atoms with Gasteiger partial charge in [0.05, 0.1) is 11.4 Å². The third-order valence-electron chi connectivity index (χ3n) is 3.00. The predicted molar refractivity (Wildman–Crippen MR) is 85.4 cm³/mol. The summed E-state index contributed by atoms with van der Waals surface area (Å²) in [6, 6.07) is 3.26. The molecule has 1 aliphatic rings. The third kappa shape index (κ3) is 4.70. The highest BCUT2D eigenvalue weighted by atomic mass is 35.5. The summed E-state index contributed by atoms with van der Waals surface area (Å²) in [4.78, 5) is 23.1. The van der Waals surface area contributed by atoms with E-state index in [1.807, 2.05) is 6.92 Å². The molecule has 1 aromatic carbocycles. The average Bonchev–Trinajstić information content (AvgIpc) is 2.86. The zero-order valence-electron chi connectivity index (χ0n) is 12.3. The Balaban J connectivity index is 0.00000242.